The van der Waals surface area contributed by atoms with Crippen LogP contribution in [-0.4, -0.2) is 35.1 Å². The second-order valence-electron chi connectivity index (χ2n) is 5.79. The standard InChI is InChI=1S/C15H29NO2/c1-3-13(2)16(12-15(17)18)11-14-9-7-5-4-6-8-10-14/h13-14H,3-12H2,1-2H3,(H,17,18). The van der Waals surface area contributed by atoms with Crippen molar-refractivity contribution in [2.45, 2.75) is 71.3 Å². The maximum atomic E-state index is 11.0. The Bertz CT molecular complexity index is 235. The highest BCUT2D eigenvalue weighted by atomic mass is 16.4. The summed E-state index contributed by atoms with van der Waals surface area (Å²) in [5, 5.41) is 9.02. The second kappa shape index (κ2) is 8.52. The normalized spacial score (nSPS) is 20.4. The minimum absolute atomic E-state index is 0.200. The zero-order valence-electron chi connectivity index (χ0n) is 12.0. The van der Waals surface area contributed by atoms with Gasteiger partial charge in [0.2, 0.25) is 0 Å². The fourth-order valence-electron chi connectivity index (χ4n) is 2.89. The van der Waals surface area contributed by atoms with Crippen molar-refractivity contribution in [1.82, 2.24) is 4.90 Å². The largest absolute Gasteiger partial charge is 0.480 e. The Balaban J connectivity index is 2.48. The van der Waals surface area contributed by atoms with Gasteiger partial charge in [0.15, 0.2) is 0 Å². The molecule has 0 amide bonds. The van der Waals surface area contributed by atoms with E-state index in [2.05, 4.69) is 18.7 Å². The highest BCUT2D eigenvalue weighted by Crippen LogP contribution is 2.23. The molecule has 1 aliphatic rings. The summed E-state index contributed by atoms with van der Waals surface area (Å²) < 4.78 is 0. The van der Waals surface area contributed by atoms with Crippen molar-refractivity contribution in [2.75, 3.05) is 13.1 Å². The van der Waals surface area contributed by atoms with Crippen LogP contribution in [0.3, 0.4) is 0 Å². The molecule has 1 atom stereocenters. The van der Waals surface area contributed by atoms with Gasteiger partial charge in [0, 0.05) is 12.6 Å². The molecule has 1 fully saturated rings. The molecular formula is C15H29NO2. The molecule has 3 nitrogen and oxygen atoms in total. The van der Waals surface area contributed by atoms with Crippen LogP contribution in [0.15, 0.2) is 0 Å². The molecule has 1 unspecified atom stereocenters. The number of rotatable bonds is 6. The molecule has 0 aromatic carbocycles. The third kappa shape index (κ3) is 5.85. The van der Waals surface area contributed by atoms with Crippen molar-refractivity contribution in [3.8, 4) is 0 Å². The molecule has 1 N–H and O–H groups in total. The summed E-state index contributed by atoms with van der Waals surface area (Å²) in [5.41, 5.74) is 0. The van der Waals surface area contributed by atoms with Crippen LogP contribution in [-0.2, 0) is 4.79 Å². The maximum Gasteiger partial charge on any atom is 0.317 e. The smallest absolute Gasteiger partial charge is 0.317 e. The van der Waals surface area contributed by atoms with Crippen molar-refractivity contribution >= 4 is 5.97 Å². The molecule has 0 aromatic rings. The molecule has 0 bridgehead atoms. The van der Waals surface area contributed by atoms with E-state index >= 15 is 0 Å². The van der Waals surface area contributed by atoms with Crippen LogP contribution in [0, 0.1) is 5.92 Å². The van der Waals surface area contributed by atoms with Gasteiger partial charge in [0.05, 0.1) is 6.54 Å². The molecule has 1 rings (SSSR count). The molecule has 0 heterocycles. The van der Waals surface area contributed by atoms with Crippen LogP contribution in [0.5, 0.6) is 0 Å². The number of nitrogens with zero attached hydrogens (tertiary/aromatic N) is 1. The molecule has 1 aliphatic carbocycles. The summed E-state index contributed by atoms with van der Waals surface area (Å²) in [4.78, 5) is 13.1. The third-order valence-corrected chi connectivity index (χ3v) is 4.27. The lowest BCUT2D eigenvalue weighted by molar-refractivity contribution is -0.139. The first kappa shape index (κ1) is 15.5. The van der Waals surface area contributed by atoms with Crippen molar-refractivity contribution in [3.05, 3.63) is 0 Å². The first-order valence-corrected chi connectivity index (χ1v) is 7.59. The average Bonchev–Trinajstić information content (AvgIpc) is 2.29. The van der Waals surface area contributed by atoms with E-state index in [4.69, 9.17) is 5.11 Å². The van der Waals surface area contributed by atoms with Gasteiger partial charge in [-0.15, -0.1) is 0 Å². The summed E-state index contributed by atoms with van der Waals surface area (Å²) in [6, 6.07) is 0.381. The van der Waals surface area contributed by atoms with E-state index in [-0.39, 0.29) is 6.54 Å². The Morgan fingerprint density at radius 3 is 2.28 bits per heavy atom. The van der Waals surface area contributed by atoms with Gasteiger partial charge in [-0.1, -0.05) is 39.0 Å². The Kier molecular flexibility index (Phi) is 7.33. The lowest BCUT2D eigenvalue weighted by Gasteiger charge is -2.31. The Morgan fingerprint density at radius 1 is 1.22 bits per heavy atom. The van der Waals surface area contributed by atoms with E-state index in [0.29, 0.717) is 12.0 Å². The van der Waals surface area contributed by atoms with Gasteiger partial charge in [-0.2, -0.15) is 0 Å². The van der Waals surface area contributed by atoms with Crippen LogP contribution in [0.1, 0.15) is 65.2 Å². The quantitative estimate of drug-likeness (QED) is 0.789. The zero-order chi connectivity index (χ0) is 13.4. The minimum atomic E-state index is -0.693. The molecule has 1 saturated carbocycles. The summed E-state index contributed by atoms with van der Waals surface area (Å²) >= 11 is 0. The summed E-state index contributed by atoms with van der Waals surface area (Å²) in [6.45, 7) is 5.45. The first-order chi connectivity index (χ1) is 8.63. The molecule has 0 saturated heterocycles. The van der Waals surface area contributed by atoms with E-state index < -0.39 is 5.97 Å². The van der Waals surface area contributed by atoms with Crippen molar-refractivity contribution < 1.29 is 9.90 Å². The fourth-order valence-corrected chi connectivity index (χ4v) is 2.89. The van der Waals surface area contributed by atoms with E-state index in [1.54, 1.807) is 0 Å². The van der Waals surface area contributed by atoms with E-state index in [0.717, 1.165) is 13.0 Å². The van der Waals surface area contributed by atoms with Crippen LogP contribution < -0.4 is 0 Å². The molecule has 3 heteroatoms. The number of hydrogen-bond donors (Lipinski definition) is 1. The van der Waals surface area contributed by atoms with E-state index in [9.17, 15) is 4.79 Å². The Labute approximate surface area is 112 Å². The molecular weight excluding hydrogens is 226 g/mol. The summed E-state index contributed by atoms with van der Waals surface area (Å²) in [5.74, 6) is 0.0137. The lowest BCUT2D eigenvalue weighted by Crippen LogP contribution is -2.40. The number of hydrogen-bond acceptors (Lipinski definition) is 2. The van der Waals surface area contributed by atoms with Crippen molar-refractivity contribution in [1.29, 1.82) is 0 Å². The van der Waals surface area contributed by atoms with E-state index in [1.807, 2.05) is 0 Å². The molecule has 0 spiro atoms. The van der Waals surface area contributed by atoms with Gasteiger partial charge in [-0.25, -0.2) is 0 Å². The molecule has 18 heavy (non-hydrogen) atoms. The average molecular weight is 255 g/mol. The maximum absolute atomic E-state index is 11.0. The number of carboxylic acid groups (broad SMARTS) is 1. The fraction of sp³-hybridized carbons (Fsp3) is 0.933. The van der Waals surface area contributed by atoms with Gasteiger partial charge in [0.25, 0.3) is 0 Å². The second-order valence-corrected chi connectivity index (χ2v) is 5.79. The van der Waals surface area contributed by atoms with Crippen LogP contribution >= 0.6 is 0 Å². The highest BCUT2D eigenvalue weighted by Gasteiger charge is 2.20. The zero-order valence-corrected chi connectivity index (χ0v) is 12.0. The summed E-state index contributed by atoms with van der Waals surface area (Å²) in [7, 11) is 0. The predicted molar refractivity (Wildman–Crippen MR) is 74.8 cm³/mol. The van der Waals surface area contributed by atoms with Gasteiger partial charge in [-0.05, 0) is 32.1 Å². The van der Waals surface area contributed by atoms with Crippen LogP contribution in [0.25, 0.3) is 0 Å². The SMILES string of the molecule is CCC(C)N(CC(=O)O)CC1CCCCCCC1. The topological polar surface area (TPSA) is 40.5 Å². The molecule has 0 radical (unpaired) electrons. The first-order valence-electron chi connectivity index (χ1n) is 7.59. The number of carboxylic acids is 1. The third-order valence-electron chi connectivity index (χ3n) is 4.27. The van der Waals surface area contributed by atoms with Crippen LogP contribution in [0.4, 0.5) is 0 Å². The molecule has 0 aromatic heterocycles. The van der Waals surface area contributed by atoms with Gasteiger partial charge < -0.3 is 5.11 Å². The van der Waals surface area contributed by atoms with Gasteiger partial charge in [-0.3, -0.25) is 9.69 Å². The van der Waals surface area contributed by atoms with Crippen molar-refractivity contribution in [3.63, 3.8) is 0 Å². The highest BCUT2D eigenvalue weighted by molar-refractivity contribution is 5.69. The lowest BCUT2D eigenvalue weighted by atomic mass is 9.90. The molecule has 106 valence electrons. The number of aliphatic carboxylic acids is 1. The number of carbonyl (C=O) groups is 1. The Hall–Kier alpha value is -0.570. The predicted octanol–water partition coefficient (Wildman–Crippen LogP) is 3.53. The molecule has 0 aliphatic heterocycles. The van der Waals surface area contributed by atoms with Crippen LogP contribution in [0.2, 0.25) is 0 Å². The van der Waals surface area contributed by atoms with Crippen molar-refractivity contribution in [2.24, 2.45) is 5.92 Å². The van der Waals surface area contributed by atoms with E-state index in [1.165, 1.54) is 44.9 Å². The van der Waals surface area contributed by atoms with Gasteiger partial charge in [0.1, 0.15) is 0 Å². The Morgan fingerprint density at radius 2 is 1.78 bits per heavy atom. The monoisotopic (exact) mass is 255 g/mol. The van der Waals surface area contributed by atoms with Gasteiger partial charge >= 0.3 is 5.97 Å². The minimum Gasteiger partial charge on any atom is -0.480 e. The summed E-state index contributed by atoms with van der Waals surface area (Å²) in [6.07, 6.45) is 10.4.